The molecule has 0 fully saturated rings. The number of furan rings is 2. The highest BCUT2D eigenvalue weighted by molar-refractivity contribution is 7.00. The number of para-hydroxylation sites is 4. The molecule has 16 rings (SSSR count). The fourth-order valence-electron chi connectivity index (χ4n) is 12.1. The summed E-state index contributed by atoms with van der Waals surface area (Å²) in [6.07, 6.45) is 0. The number of aromatic nitrogens is 1. The third-order valence-electron chi connectivity index (χ3n) is 15.8. The predicted molar refractivity (Wildman–Crippen MR) is 361 cm³/mol. The molecule has 0 atom stereocenters. The molecular formula is C79H63BN4O2. The fourth-order valence-corrected chi connectivity index (χ4v) is 12.1. The summed E-state index contributed by atoms with van der Waals surface area (Å²) in [5.41, 5.74) is -18.3. The van der Waals surface area contributed by atoms with Gasteiger partial charge in [0.05, 0.1) is 80.6 Å². The minimum Gasteiger partial charge on any atom is -0.454 e. The minimum absolute atomic E-state index is 0.100. The van der Waals surface area contributed by atoms with Gasteiger partial charge < -0.3 is 23.2 Å². The molecule has 0 spiro atoms. The summed E-state index contributed by atoms with van der Waals surface area (Å²) in [7, 11) is 0. The van der Waals surface area contributed by atoms with Crippen molar-refractivity contribution < 1.29 is 55.4 Å². The Morgan fingerprint density at radius 1 is 0.442 bits per heavy atom. The van der Waals surface area contributed by atoms with Gasteiger partial charge >= 0.3 is 0 Å². The lowest BCUT2D eigenvalue weighted by Gasteiger charge is -2.46. The lowest BCUT2D eigenvalue weighted by Crippen LogP contribution is -2.61. The summed E-state index contributed by atoms with van der Waals surface area (Å²) in [5.74, 6) is 0. The number of anilines is 6. The van der Waals surface area contributed by atoms with Crippen LogP contribution in [0.1, 0.15) is 131 Å². The Morgan fingerprint density at radius 2 is 0.907 bits per heavy atom. The molecule has 86 heavy (non-hydrogen) atoms. The zero-order valence-electron chi connectivity index (χ0n) is 81.3. The van der Waals surface area contributed by atoms with Crippen molar-refractivity contribution >= 4 is 123 Å². The van der Waals surface area contributed by atoms with Crippen molar-refractivity contribution in [2.24, 2.45) is 0 Å². The standard InChI is InChI=1S/C79H63BN4O2/c1-77(2,3)50-41-66-72-67(42-50)84(74-57(49-26-14-11-15-27-49)45-59(79(7,8)9)71-55-31-19-23-35-69(55)86-76(71)74)65-43-51(82-62-32-20-16-28-52(62)53-29-17-21-33-63(53)82)37-38-60(65)80(72)61-40-47(46-81)36-39-64(61)83(66)73-56(48-24-12-10-13-25-48)44-58(78(4,5)6)70-54-30-18-22-34-68(54)85-75(70)73/h10-45H,1-9H3/i10D,11D,12D,13D,14D,15D,16D,17D,18D,19D,20D,21D,22D,23D,24D,25D,26D,27D,28D,29D,30D,31D,32D,33D,34D,35D,36D,37D,38D,39D,40D,43D,44D,45D. The van der Waals surface area contributed by atoms with Crippen molar-refractivity contribution in [1.29, 1.82) is 5.26 Å². The molecule has 0 radical (unpaired) electrons. The van der Waals surface area contributed by atoms with Gasteiger partial charge in [0.25, 0.3) is 6.71 Å². The molecule has 0 bridgehead atoms. The molecule has 414 valence electrons. The summed E-state index contributed by atoms with van der Waals surface area (Å²) in [6, 6.07) is -26.7. The first kappa shape index (κ1) is 27.3. The Balaban J connectivity index is 1.27. The van der Waals surface area contributed by atoms with Crippen LogP contribution in [0.15, 0.2) is 226 Å². The number of rotatable bonds is 5. The second kappa shape index (κ2) is 18.5. The summed E-state index contributed by atoms with van der Waals surface area (Å²) in [6.45, 7) is 12.5. The van der Waals surface area contributed by atoms with E-state index in [1.165, 1.54) is 12.1 Å². The average molecular weight is 1150 g/mol. The van der Waals surface area contributed by atoms with Gasteiger partial charge in [0.1, 0.15) is 11.2 Å². The third-order valence-corrected chi connectivity index (χ3v) is 15.8. The van der Waals surface area contributed by atoms with Gasteiger partial charge in [-0.2, -0.15) is 5.26 Å². The van der Waals surface area contributed by atoms with Crippen LogP contribution in [0.4, 0.5) is 34.1 Å². The lowest BCUT2D eigenvalue weighted by molar-refractivity contribution is 0.590. The highest BCUT2D eigenvalue weighted by Gasteiger charge is 2.47. The zero-order chi connectivity index (χ0) is 88.3. The first-order valence-corrected chi connectivity index (χ1v) is 27.3. The minimum atomic E-state index is -2.12. The van der Waals surface area contributed by atoms with E-state index >= 15 is 0 Å². The van der Waals surface area contributed by atoms with Gasteiger partial charge in [-0.1, -0.05) is 201 Å². The van der Waals surface area contributed by atoms with Crippen LogP contribution in [-0.2, 0) is 16.2 Å². The number of hydrogen-bond acceptors (Lipinski definition) is 5. The summed E-state index contributed by atoms with van der Waals surface area (Å²) in [5, 5.41) is 8.95. The first-order chi connectivity index (χ1) is 55.7. The molecule has 2 aliphatic heterocycles. The quantitative estimate of drug-likeness (QED) is 0.161. The molecular weight excluding hydrogens is 1050 g/mol. The van der Waals surface area contributed by atoms with Crippen molar-refractivity contribution in [1.82, 2.24) is 4.57 Å². The Kier molecular flexibility index (Phi) is 5.88. The normalized spacial score (nSPS) is 18.9. The van der Waals surface area contributed by atoms with Crippen molar-refractivity contribution in [2.75, 3.05) is 9.80 Å². The maximum atomic E-state index is 11.5. The average Bonchev–Trinajstić information content (AvgIpc) is 0.995. The van der Waals surface area contributed by atoms with E-state index in [1.807, 2.05) is 6.07 Å². The molecule has 0 saturated carbocycles. The molecule has 7 heteroatoms. The largest absolute Gasteiger partial charge is 0.454 e. The van der Waals surface area contributed by atoms with Crippen LogP contribution < -0.4 is 26.2 Å². The van der Waals surface area contributed by atoms with Gasteiger partial charge in [-0.15, -0.1) is 0 Å². The van der Waals surface area contributed by atoms with Gasteiger partial charge in [-0.25, -0.2) is 0 Å². The fraction of sp³-hybridized carbons (Fsp3) is 0.152. The van der Waals surface area contributed by atoms with Crippen molar-refractivity contribution in [3.8, 4) is 34.0 Å². The Hall–Kier alpha value is -10.0. The third kappa shape index (κ3) is 7.58. The Bertz CT molecular complexity index is 7190. The molecule has 14 aromatic rings. The van der Waals surface area contributed by atoms with Gasteiger partial charge in [-0.3, -0.25) is 0 Å². The van der Waals surface area contributed by atoms with Gasteiger partial charge in [0.2, 0.25) is 0 Å². The molecule has 0 N–H and O–H groups in total. The summed E-state index contributed by atoms with van der Waals surface area (Å²) >= 11 is 0. The van der Waals surface area contributed by atoms with E-state index in [9.17, 15) is 42.3 Å². The van der Waals surface area contributed by atoms with Crippen LogP contribution in [0, 0.1) is 11.3 Å². The van der Waals surface area contributed by atoms with Crippen LogP contribution in [0.2, 0.25) is 0 Å². The molecule has 0 amide bonds. The summed E-state index contributed by atoms with van der Waals surface area (Å²) < 4.78 is 347. The van der Waals surface area contributed by atoms with E-state index in [1.54, 1.807) is 62.3 Å². The maximum absolute atomic E-state index is 11.5. The van der Waals surface area contributed by atoms with Crippen LogP contribution in [0.5, 0.6) is 0 Å². The highest BCUT2D eigenvalue weighted by Crippen LogP contribution is 2.56. The molecule has 5 heterocycles. The Morgan fingerprint density at radius 3 is 1.40 bits per heavy atom. The number of nitrogens with zero attached hydrogens (tertiary/aromatic N) is 4. The van der Waals surface area contributed by atoms with Gasteiger partial charge in [0, 0.05) is 71.9 Å². The SMILES string of the molecule is [2H]c1c([2H])c([2H])c(-c2c([2H])c(C(C)(C)C)c3c(oc4c([2H])c([2H])c([2H])c([2H])c43)c2N2c3cc(C(C)(C)C)cc4c3B(c3c([2H])c(C#N)c([2H])c([2H])c32)c2c([2H])c([2H])c(-n3c5c([2H])c([2H])c([2H])c([2H])c5c5c([2H])c([2H])c([2H])c([2H])c53)c([2H])c2N4c2c(-c3c([2H])c([2H])c([2H])c([2H])c3[2H])c([2H])c(C(C)(C)C)c3c2oc2c([2H])c([2H])c([2H])c([2H])c23)c([2H])c1[2H]. The van der Waals surface area contributed by atoms with Crippen molar-refractivity contribution in [3.05, 3.63) is 240 Å². The molecule has 0 saturated heterocycles. The van der Waals surface area contributed by atoms with Crippen molar-refractivity contribution in [2.45, 2.75) is 78.6 Å². The van der Waals surface area contributed by atoms with Gasteiger partial charge in [-0.05, 0) is 139 Å². The topological polar surface area (TPSA) is 61.5 Å². The van der Waals surface area contributed by atoms with Crippen LogP contribution in [0.3, 0.4) is 0 Å². The lowest BCUT2D eigenvalue weighted by atomic mass is 9.33. The van der Waals surface area contributed by atoms with E-state index in [4.69, 9.17) is 18.4 Å². The van der Waals surface area contributed by atoms with E-state index in [-0.39, 0.29) is 44.0 Å². The smallest absolute Gasteiger partial charge is 0.252 e. The number of fused-ring (bicyclic) bond motifs is 13. The highest BCUT2D eigenvalue weighted by atomic mass is 16.3. The second-order valence-electron chi connectivity index (χ2n) is 24.1. The zero-order valence-corrected chi connectivity index (χ0v) is 47.3. The van der Waals surface area contributed by atoms with Crippen LogP contribution in [0.25, 0.3) is 93.6 Å². The molecule has 0 aliphatic carbocycles. The van der Waals surface area contributed by atoms with E-state index in [0.717, 1.165) is 14.4 Å². The number of hydrogen-bond donors (Lipinski definition) is 0. The van der Waals surface area contributed by atoms with Crippen LogP contribution >= 0.6 is 0 Å². The maximum Gasteiger partial charge on any atom is 0.252 e. The molecule has 11 aromatic carbocycles. The first-order valence-electron chi connectivity index (χ1n) is 44.3. The number of nitriles is 1. The van der Waals surface area contributed by atoms with E-state index in [0.29, 0.717) is 0 Å². The summed E-state index contributed by atoms with van der Waals surface area (Å²) in [4.78, 5) is 2.19. The predicted octanol–water partition coefficient (Wildman–Crippen LogP) is 19.8. The molecule has 2 aliphatic rings. The van der Waals surface area contributed by atoms with E-state index in [2.05, 4.69) is 0 Å². The van der Waals surface area contributed by atoms with Gasteiger partial charge in [0.15, 0.2) is 11.2 Å². The molecule has 0 unspecified atom stereocenters. The molecule has 3 aromatic heterocycles. The van der Waals surface area contributed by atoms with Crippen LogP contribution in [-0.4, -0.2) is 11.3 Å². The number of benzene rings is 11. The monoisotopic (exact) mass is 1140 g/mol. The van der Waals surface area contributed by atoms with E-state index < -0.39 is 351 Å². The second-order valence-corrected chi connectivity index (χ2v) is 24.1. The molecule has 6 nitrogen and oxygen atoms in total. The van der Waals surface area contributed by atoms with Crippen molar-refractivity contribution in [3.63, 3.8) is 0 Å². The Labute approximate surface area is 549 Å².